The van der Waals surface area contributed by atoms with Crippen LogP contribution in [0.1, 0.15) is 63.0 Å². The molecule has 4 atom stereocenters. The van der Waals surface area contributed by atoms with Crippen LogP contribution < -0.4 is 4.74 Å². The molecule has 1 aliphatic carbocycles. The Morgan fingerprint density at radius 1 is 1.06 bits per heavy atom. The lowest BCUT2D eigenvalue weighted by atomic mass is 9.75. The number of carbonyl (C=O) groups excluding carboxylic acids is 3. The summed E-state index contributed by atoms with van der Waals surface area (Å²) in [6, 6.07) is 5.81. The molecule has 4 fully saturated rings. The third kappa shape index (κ3) is 3.48. The van der Waals surface area contributed by atoms with Crippen molar-refractivity contribution in [3.05, 3.63) is 23.8 Å². The number of thioether (sulfide) groups is 1. The normalized spacial score (nSPS) is 32.0. The molecule has 7 nitrogen and oxygen atoms in total. The molecule has 0 spiro atoms. The van der Waals surface area contributed by atoms with Gasteiger partial charge in [-0.2, -0.15) is 0 Å². The van der Waals surface area contributed by atoms with Crippen LogP contribution in [0.4, 0.5) is 0 Å². The van der Waals surface area contributed by atoms with Crippen LogP contribution in [0.15, 0.2) is 23.1 Å². The number of fused-ring (bicyclic) bond motifs is 3. The van der Waals surface area contributed by atoms with E-state index < -0.39 is 23.3 Å². The van der Waals surface area contributed by atoms with Gasteiger partial charge in [0.2, 0.25) is 11.8 Å². The first-order valence-electron chi connectivity index (χ1n) is 12.4. The number of rotatable bonds is 5. The van der Waals surface area contributed by atoms with Crippen molar-refractivity contribution in [1.82, 2.24) is 9.80 Å². The van der Waals surface area contributed by atoms with Crippen LogP contribution in [0.2, 0.25) is 0 Å². The second kappa shape index (κ2) is 9.19. The van der Waals surface area contributed by atoms with Gasteiger partial charge in [0.1, 0.15) is 11.3 Å². The second-order valence-corrected chi connectivity index (χ2v) is 11.4. The third-order valence-corrected chi connectivity index (χ3v) is 9.79. The predicted molar refractivity (Wildman–Crippen MR) is 129 cm³/mol. The van der Waals surface area contributed by atoms with Crippen LogP contribution in [-0.4, -0.2) is 66.2 Å². The number of likely N-dealkylation sites (tertiary alicyclic amines) is 1. The SMILES string of the molecule is COC(=O)[C@@]12CCCCN1C(c1ccc(SC3CCCCC3)c(OC)c1)C1C(=O)N(C)C(=O)C12. The van der Waals surface area contributed by atoms with E-state index in [2.05, 4.69) is 17.0 Å². The molecule has 1 aromatic carbocycles. The summed E-state index contributed by atoms with van der Waals surface area (Å²) < 4.78 is 11.1. The fourth-order valence-electron chi connectivity index (χ4n) is 6.83. The minimum Gasteiger partial charge on any atom is -0.496 e. The number of esters is 1. The lowest BCUT2D eigenvalue weighted by Gasteiger charge is -2.44. The van der Waals surface area contributed by atoms with Gasteiger partial charge in [-0.25, -0.2) is 0 Å². The van der Waals surface area contributed by atoms with Crippen molar-refractivity contribution in [3.63, 3.8) is 0 Å². The molecular weight excluding hydrogens is 452 g/mol. The number of ether oxygens (including phenoxy) is 2. The van der Waals surface area contributed by atoms with Gasteiger partial charge < -0.3 is 9.47 Å². The van der Waals surface area contributed by atoms with E-state index in [0.717, 1.165) is 29.1 Å². The summed E-state index contributed by atoms with van der Waals surface area (Å²) in [7, 11) is 4.58. The number of benzene rings is 1. The molecule has 0 radical (unpaired) electrons. The molecule has 0 aromatic heterocycles. The van der Waals surface area contributed by atoms with Gasteiger partial charge in [0.15, 0.2) is 0 Å². The van der Waals surface area contributed by atoms with E-state index in [1.54, 1.807) is 7.11 Å². The fourth-order valence-corrected chi connectivity index (χ4v) is 8.16. The Morgan fingerprint density at radius 3 is 2.53 bits per heavy atom. The number of piperidine rings is 1. The Bertz CT molecular complexity index is 993. The van der Waals surface area contributed by atoms with Crippen molar-refractivity contribution >= 4 is 29.5 Å². The standard InChI is InChI=1S/C26H34N2O5S/c1-27-23(29)20-21(24(27)30)26(25(31)33-3)13-7-8-14-28(26)22(20)16-11-12-19(18(15-16)32-2)34-17-9-5-4-6-10-17/h11-12,15,17,20-22H,4-10,13-14H2,1-3H3/t20?,21?,22?,26-/m0/s1. The topological polar surface area (TPSA) is 76.2 Å². The van der Waals surface area contributed by atoms with Crippen molar-refractivity contribution in [2.45, 2.75) is 73.1 Å². The first-order chi connectivity index (χ1) is 16.4. The summed E-state index contributed by atoms with van der Waals surface area (Å²) in [6.07, 6.45) is 8.58. The maximum atomic E-state index is 13.4. The van der Waals surface area contributed by atoms with Crippen LogP contribution in [0.25, 0.3) is 0 Å². The monoisotopic (exact) mass is 486 g/mol. The molecule has 0 bridgehead atoms. The van der Waals surface area contributed by atoms with Crippen molar-refractivity contribution in [1.29, 1.82) is 0 Å². The Hall–Kier alpha value is -2.06. The Morgan fingerprint density at radius 2 is 1.82 bits per heavy atom. The Balaban J connectivity index is 1.56. The van der Waals surface area contributed by atoms with Crippen molar-refractivity contribution in [2.24, 2.45) is 11.8 Å². The minimum atomic E-state index is -1.09. The quantitative estimate of drug-likeness (QED) is 0.463. The minimum absolute atomic E-state index is 0.211. The zero-order valence-electron chi connectivity index (χ0n) is 20.2. The van der Waals surface area contributed by atoms with Gasteiger partial charge in [-0.15, -0.1) is 11.8 Å². The smallest absolute Gasteiger partial charge is 0.327 e. The van der Waals surface area contributed by atoms with Crippen LogP contribution in [0.3, 0.4) is 0 Å². The maximum Gasteiger partial charge on any atom is 0.327 e. The summed E-state index contributed by atoms with van der Waals surface area (Å²) in [5, 5.41) is 0.598. The number of hydrogen-bond acceptors (Lipinski definition) is 7. The zero-order valence-corrected chi connectivity index (χ0v) is 21.1. The highest BCUT2D eigenvalue weighted by Crippen LogP contribution is 2.58. The number of nitrogens with zero attached hydrogens (tertiary/aromatic N) is 2. The van der Waals surface area contributed by atoms with Gasteiger partial charge in [-0.1, -0.05) is 25.3 Å². The maximum absolute atomic E-state index is 13.4. The highest BCUT2D eigenvalue weighted by molar-refractivity contribution is 8.00. The number of hydrogen-bond donors (Lipinski definition) is 0. The van der Waals surface area contributed by atoms with Gasteiger partial charge in [0, 0.05) is 23.2 Å². The van der Waals surface area contributed by atoms with Crippen LogP contribution >= 0.6 is 11.8 Å². The van der Waals surface area contributed by atoms with Gasteiger partial charge in [-0.05, 0) is 56.3 Å². The van der Waals surface area contributed by atoms with Gasteiger partial charge in [-0.3, -0.25) is 24.2 Å². The summed E-state index contributed by atoms with van der Waals surface area (Å²) in [4.78, 5) is 44.3. The zero-order chi connectivity index (χ0) is 24.0. The largest absolute Gasteiger partial charge is 0.496 e. The molecule has 1 saturated carbocycles. The first-order valence-corrected chi connectivity index (χ1v) is 13.3. The second-order valence-electron chi connectivity index (χ2n) is 10.0. The highest BCUT2D eigenvalue weighted by atomic mass is 32.2. The van der Waals surface area contributed by atoms with Crippen molar-refractivity contribution in [3.8, 4) is 5.75 Å². The number of methoxy groups -OCH3 is 2. The van der Waals surface area contributed by atoms with Crippen LogP contribution in [-0.2, 0) is 19.1 Å². The summed E-state index contributed by atoms with van der Waals surface area (Å²) >= 11 is 1.88. The van der Waals surface area contributed by atoms with E-state index in [1.165, 1.54) is 51.2 Å². The van der Waals surface area contributed by atoms with Gasteiger partial charge in [0.05, 0.1) is 26.1 Å². The van der Waals surface area contributed by atoms with E-state index in [1.807, 2.05) is 17.8 Å². The molecule has 1 aromatic rings. The molecule has 4 aliphatic rings. The van der Waals surface area contributed by atoms with Gasteiger partial charge >= 0.3 is 5.97 Å². The van der Waals surface area contributed by atoms with Gasteiger partial charge in [0.25, 0.3) is 0 Å². The molecule has 184 valence electrons. The molecule has 2 amide bonds. The lowest BCUT2D eigenvalue weighted by molar-refractivity contribution is -0.163. The molecule has 34 heavy (non-hydrogen) atoms. The molecule has 5 rings (SSSR count). The summed E-state index contributed by atoms with van der Waals surface area (Å²) in [5.74, 6) is -1.41. The van der Waals surface area contributed by atoms with E-state index in [-0.39, 0.29) is 17.9 Å². The van der Waals surface area contributed by atoms with Crippen molar-refractivity contribution in [2.75, 3.05) is 27.8 Å². The number of carbonyl (C=O) groups is 3. The third-order valence-electron chi connectivity index (χ3n) is 8.40. The van der Waals surface area contributed by atoms with E-state index >= 15 is 0 Å². The number of amides is 2. The molecule has 0 N–H and O–H groups in total. The van der Waals surface area contributed by atoms with E-state index in [4.69, 9.17) is 9.47 Å². The van der Waals surface area contributed by atoms with E-state index in [0.29, 0.717) is 18.2 Å². The van der Waals surface area contributed by atoms with Crippen LogP contribution in [0, 0.1) is 11.8 Å². The molecule has 8 heteroatoms. The Labute approximate surface area is 205 Å². The van der Waals surface area contributed by atoms with Crippen molar-refractivity contribution < 1.29 is 23.9 Å². The molecule has 3 heterocycles. The summed E-state index contributed by atoms with van der Waals surface area (Å²) in [5.41, 5.74) is -0.174. The molecule has 3 saturated heterocycles. The highest BCUT2D eigenvalue weighted by Gasteiger charge is 2.72. The average molecular weight is 487 g/mol. The fraction of sp³-hybridized carbons (Fsp3) is 0.654. The van der Waals surface area contributed by atoms with Crippen LogP contribution in [0.5, 0.6) is 5.75 Å². The molecule has 3 unspecified atom stereocenters. The van der Waals surface area contributed by atoms with E-state index in [9.17, 15) is 14.4 Å². The average Bonchev–Trinajstić information content (AvgIpc) is 3.30. The Kier molecular flexibility index (Phi) is 6.40. The number of imide groups is 1. The molecule has 3 aliphatic heterocycles. The molecular formula is C26H34N2O5S. The first kappa shape index (κ1) is 23.7. The lowest BCUT2D eigenvalue weighted by Crippen LogP contribution is -2.59. The predicted octanol–water partition coefficient (Wildman–Crippen LogP) is 3.80. The summed E-state index contributed by atoms with van der Waals surface area (Å²) in [6.45, 7) is 0.651.